The lowest BCUT2D eigenvalue weighted by molar-refractivity contribution is -0.645. The van der Waals surface area contributed by atoms with Crippen LogP contribution in [0.2, 0.25) is 0 Å². The minimum absolute atomic E-state index is 0. The molecule has 2 amide bonds. The van der Waals surface area contributed by atoms with Crippen LogP contribution in [0.15, 0.2) is 85.5 Å². The van der Waals surface area contributed by atoms with Gasteiger partial charge >= 0.3 is 0 Å². The van der Waals surface area contributed by atoms with Gasteiger partial charge in [-0.05, 0) is 36.4 Å². The minimum Gasteiger partial charge on any atom is -1.00 e. The Morgan fingerprint density at radius 2 is 1.14 bits per heavy atom. The summed E-state index contributed by atoms with van der Waals surface area (Å²) in [7, 11) is 3.93. The van der Waals surface area contributed by atoms with Crippen molar-refractivity contribution in [2.24, 2.45) is 14.1 Å². The molecular formula is C26H22I2N6O2. The van der Waals surface area contributed by atoms with Crippen LogP contribution >= 0.6 is 0 Å². The largest absolute Gasteiger partial charge is 1.00 e. The van der Waals surface area contributed by atoms with Crippen LogP contribution in [0.4, 0.5) is 11.4 Å². The molecule has 36 heavy (non-hydrogen) atoms. The first-order valence-corrected chi connectivity index (χ1v) is 10.7. The first kappa shape index (κ1) is 27.3. The highest BCUT2D eigenvalue weighted by Gasteiger charge is 2.15. The number of carbonyl (C=O) groups excluding carboxylic acids is 2. The number of pyridine rings is 2. The Labute approximate surface area is 241 Å². The predicted molar refractivity (Wildman–Crippen MR) is 128 cm³/mol. The highest BCUT2D eigenvalue weighted by atomic mass is 127. The average Bonchev–Trinajstić information content (AvgIpc) is 2.84. The summed E-state index contributed by atoms with van der Waals surface area (Å²) < 4.78 is 4.01. The van der Waals surface area contributed by atoms with Crippen molar-refractivity contribution in [3.8, 4) is 0 Å². The Kier molecular flexibility index (Phi) is 8.84. The topological polar surface area (TPSA) is 91.7 Å². The van der Waals surface area contributed by atoms with Gasteiger partial charge in [-0.2, -0.15) is 0 Å². The Hall–Kier alpha value is -3.26. The third-order valence-corrected chi connectivity index (χ3v) is 5.60. The molecule has 0 spiro atoms. The second-order valence-electron chi connectivity index (χ2n) is 7.98. The highest BCUT2D eigenvalue weighted by Crippen LogP contribution is 2.18. The molecule has 0 saturated heterocycles. The SMILES string of the molecule is C[n+]1cccc2cc(NC(=O)c3cncc(C(=O)Nc4ccc5c(ccc[n+]5C)c4)n3)ccc21.[I-].[I-]. The zero-order chi connectivity index (χ0) is 23.7. The molecule has 5 rings (SSSR count). The van der Waals surface area contributed by atoms with Gasteiger partial charge in [-0.1, -0.05) is 0 Å². The Morgan fingerprint density at radius 1 is 0.694 bits per heavy atom. The van der Waals surface area contributed by atoms with Crippen molar-refractivity contribution in [3.63, 3.8) is 0 Å². The van der Waals surface area contributed by atoms with E-state index in [1.165, 1.54) is 12.4 Å². The number of benzene rings is 2. The van der Waals surface area contributed by atoms with E-state index < -0.39 is 11.8 Å². The molecule has 0 fully saturated rings. The monoisotopic (exact) mass is 704 g/mol. The summed E-state index contributed by atoms with van der Waals surface area (Å²) in [5, 5.41) is 7.64. The van der Waals surface area contributed by atoms with Crippen molar-refractivity contribution in [1.82, 2.24) is 9.97 Å². The average molecular weight is 704 g/mol. The van der Waals surface area contributed by atoms with E-state index in [0.717, 1.165) is 21.8 Å². The van der Waals surface area contributed by atoms with Gasteiger partial charge < -0.3 is 58.6 Å². The van der Waals surface area contributed by atoms with Crippen LogP contribution < -0.4 is 67.7 Å². The molecule has 0 aliphatic carbocycles. The minimum atomic E-state index is -0.444. The molecule has 3 aromatic heterocycles. The lowest BCUT2D eigenvalue weighted by atomic mass is 10.2. The number of carbonyl (C=O) groups is 2. The number of aromatic nitrogens is 4. The third kappa shape index (κ3) is 5.75. The smallest absolute Gasteiger partial charge is 0.275 e. The first-order valence-electron chi connectivity index (χ1n) is 10.7. The number of nitrogens with zero attached hydrogens (tertiary/aromatic N) is 4. The number of hydrogen-bond acceptors (Lipinski definition) is 4. The van der Waals surface area contributed by atoms with Gasteiger partial charge in [0, 0.05) is 46.4 Å². The Balaban J connectivity index is 0.00000180. The lowest BCUT2D eigenvalue weighted by Crippen LogP contribution is -3.00. The predicted octanol–water partition coefficient (Wildman–Crippen LogP) is -3.06. The lowest BCUT2D eigenvalue weighted by Gasteiger charge is -2.08. The van der Waals surface area contributed by atoms with Gasteiger partial charge in [-0.15, -0.1) is 0 Å². The van der Waals surface area contributed by atoms with E-state index >= 15 is 0 Å². The summed E-state index contributed by atoms with van der Waals surface area (Å²) in [6.45, 7) is 0. The van der Waals surface area contributed by atoms with Gasteiger partial charge in [0.1, 0.15) is 25.5 Å². The van der Waals surface area contributed by atoms with Crippen molar-refractivity contribution in [2.45, 2.75) is 0 Å². The highest BCUT2D eigenvalue weighted by molar-refractivity contribution is 6.06. The van der Waals surface area contributed by atoms with Crippen molar-refractivity contribution < 1.29 is 66.7 Å². The van der Waals surface area contributed by atoms with Crippen molar-refractivity contribution >= 4 is 45.0 Å². The zero-order valence-electron chi connectivity index (χ0n) is 19.4. The number of amides is 2. The van der Waals surface area contributed by atoms with E-state index in [1.54, 1.807) is 0 Å². The number of nitrogens with one attached hydrogen (secondary N) is 2. The molecular weight excluding hydrogens is 682 g/mol. The van der Waals surface area contributed by atoms with Crippen LogP contribution in [-0.4, -0.2) is 21.8 Å². The maximum Gasteiger partial charge on any atom is 0.275 e. The molecule has 0 radical (unpaired) electrons. The second-order valence-corrected chi connectivity index (χ2v) is 7.98. The molecule has 182 valence electrons. The number of hydrogen-bond donors (Lipinski definition) is 2. The van der Waals surface area contributed by atoms with Crippen LogP contribution in [0, 0.1) is 0 Å². The molecule has 0 unspecified atom stereocenters. The van der Waals surface area contributed by atoms with Crippen molar-refractivity contribution in [1.29, 1.82) is 0 Å². The van der Waals surface area contributed by atoms with Crippen molar-refractivity contribution in [3.05, 3.63) is 96.8 Å². The molecule has 0 saturated carbocycles. The first-order chi connectivity index (χ1) is 16.5. The molecule has 5 aromatic rings. The van der Waals surface area contributed by atoms with Gasteiger partial charge in [0.15, 0.2) is 12.4 Å². The summed E-state index contributed by atoms with van der Waals surface area (Å²) in [4.78, 5) is 33.8. The number of aryl methyl sites for hydroxylation is 2. The van der Waals surface area contributed by atoms with Gasteiger partial charge in [0.2, 0.25) is 11.0 Å². The van der Waals surface area contributed by atoms with Gasteiger partial charge in [-0.25, -0.2) is 14.1 Å². The molecule has 3 heterocycles. The number of halogens is 2. The quantitative estimate of drug-likeness (QED) is 0.154. The fourth-order valence-corrected chi connectivity index (χ4v) is 3.86. The maximum atomic E-state index is 12.8. The number of fused-ring (bicyclic) bond motifs is 2. The van der Waals surface area contributed by atoms with Crippen LogP contribution in [0.5, 0.6) is 0 Å². The summed E-state index contributed by atoms with van der Waals surface area (Å²) in [6.07, 6.45) is 6.60. The molecule has 0 atom stereocenters. The van der Waals surface area contributed by atoms with Crippen LogP contribution in [0.25, 0.3) is 21.8 Å². The fourth-order valence-electron chi connectivity index (χ4n) is 3.86. The number of anilines is 2. The van der Waals surface area contributed by atoms with E-state index in [-0.39, 0.29) is 59.3 Å². The van der Waals surface area contributed by atoms with Crippen LogP contribution in [0.1, 0.15) is 21.0 Å². The Bertz CT molecular complexity index is 1480. The molecule has 8 nitrogen and oxygen atoms in total. The summed E-state index contributed by atoms with van der Waals surface area (Å²) in [5.74, 6) is -0.889. The van der Waals surface area contributed by atoms with E-state index in [0.29, 0.717) is 11.4 Å². The van der Waals surface area contributed by atoms with Gasteiger partial charge in [0.25, 0.3) is 11.8 Å². The van der Waals surface area contributed by atoms with E-state index in [1.807, 2.05) is 96.3 Å². The van der Waals surface area contributed by atoms with Crippen molar-refractivity contribution in [2.75, 3.05) is 10.6 Å². The zero-order valence-corrected chi connectivity index (χ0v) is 23.8. The Morgan fingerprint density at radius 3 is 1.58 bits per heavy atom. The molecule has 2 N–H and O–H groups in total. The summed E-state index contributed by atoms with van der Waals surface area (Å²) in [6, 6.07) is 19.1. The van der Waals surface area contributed by atoms with E-state index in [9.17, 15) is 9.59 Å². The third-order valence-electron chi connectivity index (χ3n) is 5.60. The maximum absolute atomic E-state index is 12.8. The van der Waals surface area contributed by atoms with Crippen LogP contribution in [-0.2, 0) is 14.1 Å². The van der Waals surface area contributed by atoms with Gasteiger partial charge in [-0.3, -0.25) is 14.6 Å². The molecule has 0 bridgehead atoms. The molecule has 2 aromatic carbocycles. The normalized spacial score (nSPS) is 10.3. The van der Waals surface area contributed by atoms with Gasteiger partial charge in [0.05, 0.1) is 12.4 Å². The van der Waals surface area contributed by atoms with E-state index in [4.69, 9.17) is 0 Å². The summed E-state index contributed by atoms with van der Waals surface area (Å²) in [5.41, 5.74) is 3.45. The molecule has 0 aliphatic heterocycles. The molecule has 0 aliphatic rings. The molecule has 10 heteroatoms. The second kappa shape index (κ2) is 11.6. The van der Waals surface area contributed by atoms with E-state index in [2.05, 4.69) is 20.6 Å². The van der Waals surface area contributed by atoms with Crippen LogP contribution in [0.3, 0.4) is 0 Å². The number of rotatable bonds is 4. The summed E-state index contributed by atoms with van der Waals surface area (Å²) >= 11 is 0. The fraction of sp³-hybridized carbons (Fsp3) is 0.0769. The standard InChI is InChI=1S/C26H20N6O2.2HI/c1-31-11-3-5-17-13-19(7-9-23(17)31)28-25(33)21-15-27-16-22(30-21)26(34)29-20-8-10-24-18(14-20)6-4-12-32(24)2;;/h3-16H,1-2H3;2*1H.